The Kier molecular flexibility index (Phi) is 1.29. The summed E-state index contributed by atoms with van der Waals surface area (Å²) in [4.78, 5) is 9.25. The first-order valence-corrected chi connectivity index (χ1v) is 4.11. The molecule has 0 aliphatic heterocycles. The predicted molar refractivity (Wildman–Crippen MR) is 46.6 cm³/mol. The number of fused-ring (bicyclic) bond motifs is 1. The van der Waals surface area contributed by atoms with Crippen LogP contribution in [0.25, 0.3) is 10.2 Å². The van der Waals surface area contributed by atoms with Crippen molar-refractivity contribution in [3.63, 3.8) is 0 Å². The first kappa shape index (κ1) is 6.54. The van der Waals surface area contributed by atoms with Gasteiger partial charge in [-0.3, -0.25) is 0 Å². The topological polar surface area (TPSA) is 51.8 Å². The van der Waals surface area contributed by atoms with E-state index in [0.29, 0.717) is 0 Å². The van der Waals surface area contributed by atoms with E-state index in [-0.39, 0.29) is 0 Å². The molecule has 2 rings (SSSR count). The molecule has 3 nitrogen and oxygen atoms in total. The van der Waals surface area contributed by atoms with Crippen LogP contribution < -0.4 is 5.73 Å². The van der Waals surface area contributed by atoms with Crippen LogP contribution in [0.4, 0.5) is 5.69 Å². The summed E-state index contributed by atoms with van der Waals surface area (Å²) in [5.41, 5.74) is 6.43. The predicted octanol–water partition coefficient (Wildman–Crippen LogP) is 1.58. The number of rotatable bonds is 0. The van der Waals surface area contributed by atoms with Crippen LogP contribution in [0, 0.1) is 6.92 Å². The van der Waals surface area contributed by atoms with Crippen LogP contribution in [0.1, 0.15) is 5.82 Å². The molecule has 0 bridgehead atoms. The average Bonchev–Trinajstić information content (AvgIpc) is 2.32. The van der Waals surface area contributed by atoms with Crippen molar-refractivity contribution in [3.05, 3.63) is 17.4 Å². The minimum atomic E-state index is 0.769. The number of aryl methyl sites for hydroxylation is 1. The summed E-state index contributed by atoms with van der Waals surface area (Å²) in [6, 6.07) is 0. The Balaban J connectivity index is 2.86. The van der Waals surface area contributed by atoms with Crippen LogP contribution in [-0.2, 0) is 0 Å². The largest absolute Gasteiger partial charge is 0.397 e. The highest BCUT2D eigenvalue weighted by atomic mass is 32.1. The number of nitrogens with two attached hydrogens (primary N) is 1. The highest BCUT2D eigenvalue weighted by Gasteiger charge is 2.01. The molecule has 11 heavy (non-hydrogen) atoms. The minimum absolute atomic E-state index is 0.769. The molecule has 0 amide bonds. The van der Waals surface area contributed by atoms with Gasteiger partial charge in [-0.2, -0.15) is 0 Å². The van der Waals surface area contributed by atoms with E-state index in [1.54, 1.807) is 17.5 Å². The fourth-order valence-electron chi connectivity index (χ4n) is 0.920. The van der Waals surface area contributed by atoms with Gasteiger partial charge in [-0.25, -0.2) is 9.97 Å². The van der Waals surface area contributed by atoms with Crippen LogP contribution in [-0.4, -0.2) is 9.97 Å². The second-order valence-electron chi connectivity index (χ2n) is 2.33. The lowest BCUT2D eigenvalue weighted by molar-refractivity contribution is 1.10. The van der Waals surface area contributed by atoms with Gasteiger partial charge >= 0.3 is 0 Å². The third kappa shape index (κ3) is 0.952. The summed E-state index contributed by atoms with van der Waals surface area (Å²) in [5, 5.41) is 2.85. The Labute approximate surface area is 67.9 Å². The second-order valence-corrected chi connectivity index (χ2v) is 3.19. The average molecular weight is 165 g/mol. The Morgan fingerprint density at radius 2 is 2.36 bits per heavy atom. The number of anilines is 1. The number of aromatic nitrogens is 2. The summed E-state index contributed by atoms with van der Waals surface area (Å²) < 4.78 is 0. The lowest BCUT2D eigenvalue weighted by Crippen LogP contribution is -1.86. The molecular weight excluding hydrogens is 158 g/mol. The maximum absolute atomic E-state index is 5.66. The van der Waals surface area contributed by atoms with Crippen molar-refractivity contribution < 1.29 is 0 Å². The summed E-state index contributed by atoms with van der Waals surface area (Å²) in [6.45, 7) is 1.87. The monoisotopic (exact) mass is 165 g/mol. The number of nitrogen functional groups attached to an aromatic ring is 1. The third-order valence-corrected chi connectivity index (χ3v) is 2.39. The lowest BCUT2D eigenvalue weighted by Gasteiger charge is -1.90. The Bertz CT molecular complexity index is 393. The molecule has 0 aliphatic carbocycles. The van der Waals surface area contributed by atoms with Crippen LogP contribution in [0.2, 0.25) is 0 Å². The van der Waals surface area contributed by atoms with Gasteiger partial charge in [-0.1, -0.05) is 0 Å². The number of nitrogens with zero attached hydrogens (tertiary/aromatic N) is 2. The van der Waals surface area contributed by atoms with Crippen LogP contribution in [0.3, 0.4) is 0 Å². The molecule has 4 heteroatoms. The van der Waals surface area contributed by atoms with E-state index in [0.717, 1.165) is 21.7 Å². The van der Waals surface area contributed by atoms with E-state index >= 15 is 0 Å². The molecule has 0 aromatic carbocycles. The van der Waals surface area contributed by atoms with Gasteiger partial charge in [0, 0.05) is 11.6 Å². The number of thiophene rings is 1. The molecule has 0 atom stereocenters. The molecule has 0 saturated heterocycles. The minimum Gasteiger partial charge on any atom is -0.397 e. The van der Waals surface area contributed by atoms with Gasteiger partial charge in [0.2, 0.25) is 0 Å². The highest BCUT2D eigenvalue weighted by molar-refractivity contribution is 7.17. The maximum Gasteiger partial charge on any atom is 0.129 e. The molecule has 0 radical (unpaired) electrons. The van der Waals surface area contributed by atoms with E-state index in [1.165, 1.54) is 0 Å². The normalized spacial score (nSPS) is 10.6. The van der Waals surface area contributed by atoms with Gasteiger partial charge in [-0.15, -0.1) is 11.3 Å². The van der Waals surface area contributed by atoms with Crippen LogP contribution in [0.15, 0.2) is 11.6 Å². The van der Waals surface area contributed by atoms with Crippen molar-refractivity contribution in [1.82, 2.24) is 9.97 Å². The van der Waals surface area contributed by atoms with Crippen molar-refractivity contribution in [1.29, 1.82) is 0 Å². The zero-order chi connectivity index (χ0) is 7.84. The first-order valence-electron chi connectivity index (χ1n) is 3.23. The zero-order valence-corrected chi connectivity index (χ0v) is 6.85. The molecule has 2 heterocycles. The maximum atomic E-state index is 5.66. The highest BCUT2D eigenvalue weighted by Crippen LogP contribution is 2.24. The first-order chi connectivity index (χ1) is 5.27. The standard InChI is InChI=1S/C7H7N3S/c1-4-9-2-5-6(8)3-11-7(5)10-4/h2-3H,8H2,1H3. The summed E-state index contributed by atoms with van der Waals surface area (Å²) in [6.07, 6.45) is 1.77. The van der Waals surface area contributed by atoms with Crippen molar-refractivity contribution in [3.8, 4) is 0 Å². The Morgan fingerprint density at radius 3 is 3.18 bits per heavy atom. The van der Waals surface area contributed by atoms with Gasteiger partial charge in [0.05, 0.1) is 11.1 Å². The van der Waals surface area contributed by atoms with Crippen LogP contribution in [0.5, 0.6) is 0 Å². The van der Waals surface area contributed by atoms with E-state index < -0.39 is 0 Å². The third-order valence-electron chi connectivity index (χ3n) is 1.48. The van der Waals surface area contributed by atoms with E-state index in [9.17, 15) is 0 Å². The summed E-state index contributed by atoms with van der Waals surface area (Å²) in [7, 11) is 0. The zero-order valence-electron chi connectivity index (χ0n) is 6.03. The van der Waals surface area contributed by atoms with E-state index in [2.05, 4.69) is 9.97 Å². The van der Waals surface area contributed by atoms with Gasteiger partial charge in [0.15, 0.2) is 0 Å². The molecule has 56 valence electrons. The van der Waals surface area contributed by atoms with Crippen molar-refractivity contribution in [2.75, 3.05) is 5.73 Å². The van der Waals surface area contributed by atoms with Gasteiger partial charge < -0.3 is 5.73 Å². The molecule has 2 aromatic rings. The molecule has 0 saturated carbocycles. The molecule has 0 unspecified atom stereocenters. The van der Waals surface area contributed by atoms with Gasteiger partial charge in [0.25, 0.3) is 0 Å². The molecule has 0 spiro atoms. The Morgan fingerprint density at radius 1 is 1.55 bits per heavy atom. The second kappa shape index (κ2) is 2.17. The fourth-order valence-corrected chi connectivity index (χ4v) is 1.77. The number of hydrogen-bond donors (Lipinski definition) is 1. The molecular formula is C7H7N3S. The van der Waals surface area contributed by atoms with E-state index in [4.69, 9.17) is 5.73 Å². The number of hydrogen-bond acceptors (Lipinski definition) is 4. The van der Waals surface area contributed by atoms with E-state index in [1.807, 2.05) is 12.3 Å². The molecule has 2 N–H and O–H groups in total. The van der Waals surface area contributed by atoms with Crippen molar-refractivity contribution in [2.45, 2.75) is 6.92 Å². The van der Waals surface area contributed by atoms with Crippen LogP contribution >= 0.6 is 11.3 Å². The quantitative estimate of drug-likeness (QED) is 0.644. The molecule has 0 aliphatic rings. The smallest absolute Gasteiger partial charge is 0.129 e. The van der Waals surface area contributed by atoms with Crippen molar-refractivity contribution >= 4 is 27.2 Å². The molecule has 0 fully saturated rings. The Hall–Kier alpha value is -1.16. The fraction of sp³-hybridized carbons (Fsp3) is 0.143. The van der Waals surface area contributed by atoms with Gasteiger partial charge in [-0.05, 0) is 6.92 Å². The lowest BCUT2D eigenvalue weighted by atomic mass is 10.4. The van der Waals surface area contributed by atoms with Gasteiger partial charge in [0.1, 0.15) is 10.7 Å². The summed E-state index contributed by atoms with van der Waals surface area (Å²) in [5.74, 6) is 0.791. The van der Waals surface area contributed by atoms with Crippen molar-refractivity contribution in [2.24, 2.45) is 0 Å². The summed E-state index contributed by atoms with van der Waals surface area (Å²) >= 11 is 1.55. The molecule has 2 aromatic heterocycles. The SMILES string of the molecule is Cc1ncc2c(N)csc2n1.